The topological polar surface area (TPSA) is 30.5 Å². The summed E-state index contributed by atoms with van der Waals surface area (Å²) in [5, 5.41) is 3.50. The second-order valence-electron chi connectivity index (χ2n) is 4.85. The van der Waals surface area contributed by atoms with Crippen molar-refractivity contribution in [1.82, 2.24) is 5.32 Å². The summed E-state index contributed by atoms with van der Waals surface area (Å²) in [4.78, 5) is 0. The lowest BCUT2D eigenvalue weighted by Gasteiger charge is -2.39. The molecule has 3 nitrogen and oxygen atoms in total. The van der Waals surface area contributed by atoms with E-state index in [1.807, 2.05) is 7.11 Å². The van der Waals surface area contributed by atoms with E-state index in [-0.39, 0.29) is 0 Å². The van der Waals surface area contributed by atoms with Gasteiger partial charge in [-0.2, -0.15) is 0 Å². The van der Waals surface area contributed by atoms with E-state index < -0.39 is 0 Å². The Bertz CT molecular complexity index is 190. The predicted octanol–water partition coefficient (Wildman–Crippen LogP) is 1.57. The van der Waals surface area contributed by atoms with E-state index in [1.54, 1.807) is 0 Å². The smallest absolute Gasteiger partial charge is 0.0754 e. The molecule has 0 aromatic rings. The molecular weight excluding hydrogens is 190 g/mol. The Morgan fingerprint density at radius 1 is 1.20 bits per heavy atom. The number of rotatable bonds is 2. The fraction of sp³-hybridized carbons (Fsp3) is 1.00. The summed E-state index contributed by atoms with van der Waals surface area (Å²) in [6, 6.07) is 0.517. The number of nitrogens with one attached hydrogen (secondary N) is 1. The molecule has 0 amide bonds. The maximum absolute atomic E-state index is 5.90. The van der Waals surface area contributed by atoms with Gasteiger partial charge in [-0.1, -0.05) is 0 Å². The summed E-state index contributed by atoms with van der Waals surface area (Å²) in [5.41, 5.74) is 0. The van der Waals surface area contributed by atoms with Gasteiger partial charge in [0.15, 0.2) is 0 Å². The van der Waals surface area contributed by atoms with E-state index in [4.69, 9.17) is 9.47 Å². The highest BCUT2D eigenvalue weighted by atomic mass is 16.5. The lowest BCUT2D eigenvalue weighted by atomic mass is 9.81. The number of ether oxygens (including phenoxy) is 2. The van der Waals surface area contributed by atoms with Crippen LogP contribution in [0.2, 0.25) is 0 Å². The Hall–Kier alpha value is -0.120. The number of hydrogen-bond acceptors (Lipinski definition) is 3. The van der Waals surface area contributed by atoms with Crippen molar-refractivity contribution in [3.8, 4) is 0 Å². The quantitative estimate of drug-likeness (QED) is 0.755. The van der Waals surface area contributed by atoms with E-state index in [0.717, 1.165) is 19.1 Å². The van der Waals surface area contributed by atoms with Gasteiger partial charge in [0, 0.05) is 19.7 Å². The van der Waals surface area contributed by atoms with Crippen molar-refractivity contribution >= 4 is 0 Å². The monoisotopic (exact) mass is 213 g/mol. The highest BCUT2D eigenvalue weighted by molar-refractivity contribution is 4.86. The second-order valence-corrected chi connectivity index (χ2v) is 4.85. The summed E-state index contributed by atoms with van der Waals surface area (Å²) in [5.74, 6) is 0.735. The first-order chi connectivity index (χ1) is 7.31. The Balaban J connectivity index is 1.83. The van der Waals surface area contributed by atoms with E-state index in [1.165, 1.54) is 25.7 Å². The average molecular weight is 213 g/mol. The van der Waals surface area contributed by atoms with Crippen LogP contribution in [0.25, 0.3) is 0 Å². The average Bonchev–Trinajstić information content (AvgIpc) is 2.30. The molecule has 2 unspecified atom stereocenters. The zero-order valence-corrected chi connectivity index (χ0v) is 9.87. The number of morpholine rings is 1. The third kappa shape index (κ3) is 2.71. The summed E-state index contributed by atoms with van der Waals surface area (Å²) in [6.07, 6.45) is 5.84. The molecule has 3 heteroatoms. The molecule has 0 bridgehead atoms. The summed E-state index contributed by atoms with van der Waals surface area (Å²) in [7, 11) is 1.83. The van der Waals surface area contributed by atoms with Crippen LogP contribution in [0.15, 0.2) is 0 Å². The molecule has 2 fully saturated rings. The highest BCUT2D eigenvalue weighted by Crippen LogP contribution is 2.31. The van der Waals surface area contributed by atoms with Gasteiger partial charge in [0.25, 0.3) is 0 Å². The van der Waals surface area contributed by atoms with Crippen molar-refractivity contribution in [3.05, 3.63) is 0 Å². The Morgan fingerprint density at radius 3 is 2.53 bits per heavy atom. The Labute approximate surface area is 92.5 Å². The van der Waals surface area contributed by atoms with Crippen LogP contribution in [0.5, 0.6) is 0 Å². The lowest BCUT2D eigenvalue weighted by molar-refractivity contribution is -0.0568. The summed E-state index contributed by atoms with van der Waals surface area (Å²) >= 11 is 0. The van der Waals surface area contributed by atoms with Gasteiger partial charge in [0.2, 0.25) is 0 Å². The van der Waals surface area contributed by atoms with Gasteiger partial charge in [-0.25, -0.2) is 0 Å². The Kier molecular flexibility index (Phi) is 4.00. The molecule has 88 valence electrons. The minimum Gasteiger partial charge on any atom is -0.381 e. The van der Waals surface area contributed by atoms with Crippen molar-refractivity contribution in [1.29, 1.82) is 0 Å². The van der Waals surface area contributed by atoms with Crippen molar-refractivity contribution in [2.45, 2.75) is 50.9 Å². The first kappa shape index (κ1) is 11.4. The molecule has 0 aromatic heterocycles. The third-order valence-electron chi connectivity index (χ3n) is 3.89. The minimum atomic E-state index is 0.427. The Morgan fingerprint density at radius 2 is 1.93 bits per heavy atom. The normalized spacial score (nSPS) is 42.8. The maximum Gasteiger partial charge on any atom is 0.0754 e. The molecule has 1 aliphatic heterocycles. The molecule has 15 heavy (non-hydrogen) atoms. The first-order valence-corrected chi connectivity index (χ1v) is 6.19. The SMILES string of the molecule is COC1CCC(C2OCCNC2C)CC1. The first-order valence-electron chi connectivity index (χ1n) is 6.19. The van der Waals surface area contributed by atoms with Gasteiger partial charge < -0.3 is 14.8 Å². The molecule has 0 aromatic carbocycles. The number of methoxy groups -OCH3 is 1. The minimum absolute atomic E-state index is 0.427. The zero-order valence-electron chi connectivity index (χ0n) is 9.87. The fourth-order valence-electron chi connectivity index (χ4n) is 2.94. The summed E-state index contributed by atoms with van der Waals surface area (Å²) in [6.45, 7) is 4.12. The molecule has 1 heterocycles. The molecule has 1 saturated heterocycles. The van der Waals surface area contributed by atoms with Gasteiger partial charge in [0.1, 0.15) is 0 Å². The zero-order chi connectivity index (χ0) is 10.7. The van der Waals surface area contributed by atoms with Crippen molar-refractivity contribution in [3.63, 3.8) is 0 Å². The van der Waals surface area contributed by atoms with Crippen LogP contribution in [-0.2, 0) is 9.47 Å². The molecule has 2 atom stereocenters. The van der Waals surface area contributed by atoms with Crippen LogP contribution >= 0.6 is 0 Å². The third-order valence-corrected chi connectivity index (χ3v) is 3.89. The van der Waals surface area contributed by atoms with E-state index in [2.05, 4.69) is 12.2 Å². The van der Waals surface area contributed by atoms with Gasteiger partial charge in [-0.3, -0.25) is 0 Å². The maximum atomic E-state index is 5.90. The largest absolute Gasteiger partial charge is 0.381 e. The standard InChI is InChI=1S/C12H23NO2/c1-9-12(15-8-7-13-9)10-3-5-11(14-2)6-4-10/h9-13H,3-8H2,1-2H3. The van der Waals surface area contributed by atoms with Crippen LogP contribution < -0.4 is 5.32 Å². The fourth-order valence-corrected chi connectivity index (χ4v) is 2.94. The van der Waals surface area contributed by atoms with Crippen LogP contribution in [-0.4, -0.2) is 38.5 Å². The van der Waals surface area contributed by atoms with E-state index in [9.17, 15) is 0 Å². The van der Waals surface area contributed by atoms with Gasteiger partial charge in [-0.05, 0) is 38.5 Å². The molecule has 1 N–H and O–H groups in total. The van der Waals surface area contributed by atoms with Crippen molar-refractivity contribution < 1.29 is 9.47 Å². The van der Waals surface area contributed by atoms with Crippen LogP contribution in [0.3, 0.4) is 0 Å². The molecule has 0 spiro atoms. The van der Waals surface area contributed by atoms with Crippen LogP contribution in [0, 0.1) is 5.92 Å². The second kappa shape index (κ2) is 5.28. The van der Waals surface area contributed by atoms with Gasteiger partial charge >= 0.3 is 0 Å². The molecule has 2 rings (SSSR count). The van der Waals surface area contributed by atoms with Gasteiger partial charge in [-0.15, -0.1) is 0 Å². The molecule has 1 saturated carbocycles. The van der Waals surface area contributed by atoms with Crippen molar-refractivity contribution in [2.24, 2.45) is 5.92 Å². The van der Waals surface area contributed by atoms with Crippen LogP contribution in [0.4, 0.5) is 0 Å². The van der Waals surface area contributed by atoms with E-state index >= 15 is 0 Å². The molecule has 2 aliphatic rings. The highest BCUT2D eigenvalue weighted by Gasteiger charge is 2.32. The van der Waals surface area contributed by atoms with E-state index in [0.29, 0.717) is 18.2 Å². The van der Waals surface area contributed by atoms with Crippen molar-refractivity contribution in [2.75, 3.05) is 20.3 Å². The van der Waals surface area contributed by atoms with Crippen LogP contribution in [0.1, 0.15) is 32.6 Å². The summed E-state index contributed by atoms with van der Waals surface area (Å²) < 4.78 is 11.3. The molecule has 0 radical (unpaired) electrons. The lowest BCUT2D eigenvalue weighted by Crippen LogP contribution is -2.50. The molecular formula is C12H23NO2. The van der Waals surface area contributed by atoms with Gasteiger partial charge in [0.05, 0.1) is 18.8 Å². The predicted molar refractivity (Wildman–Crippen MR) is 60.0 cm³/mol. The number of hydrogen-bond donors (Lipinski definition) is 1. The molecule has 1 aliphatic carbocycles.